The lowest BCUT2D eigenvalue weighted by Crippen LogP contribution is -2.23. The summed E-state index contributed by atoms with van der Waals surface area (Å²) in [6.07, 6.45) is 1.31. The summed E-state index contributed by atoms with van der Waals surface area (Å²) in [4.78, 5) is 11.0. The zero-order valence-electron chi connectivity index (χ0n) is 11.9. The summed E-state index contributed by atoms with van der Waals surface area (Å²) >= 11 is 0. The number of nitrogens with two attached hydrogens (primary N) is 1. The first-order valence-electron chi connectivity index (χ1n) is 6.77. The molecule has 2 rings (SSSR count). The summed E-state index contributed by atoms with van der Waals surface area (Å²) < 4.78 is 5.35. The molecule has 6 heteroatoms. The van der Waals surface area contributed by atoms with E-state index in [-0.39, 0.29) is 0 Å². The predicted molar refractivity (Wildman–Crippen MR) is 75.7 cm³/mol. The molecule has 0 saturated heterocycles. The normalized spacial score (nSPS) is 21.3. The van der Waals surface area contributed by atoms with Crippen LogP contribution in [0.15, 0.2) is 6.07 Å². The molecule has 0 radical (unpaired) electrons. The van der Waals surface area contributed by atoms with Gasteiger partial charge in [0.25, 0.3) is 0 Å². The van der Waals surface area contributed by atoms with E-state index in [2.05, 4.69) is 34.3 Å². The van der Waals surface area contributed by atoms with Gasteiger partial charge in [0.15, 0.2) is 5.82 Å². The van der Waals surface area contributed by atoms with Gasteiger partial charge >= 0.3 is 0 Å². The van der Waals surface area contributed by atoms with E-state index >= 15 is 0 Å². The number of nitrogen functional groups attached to an aromatic ring is 1. The van der Waals surface area contributed by atoms with Crippen LogP contribution in [-0.4, -0.2) is 30.2 Å². The van der Waals surface area contributed by atoms with Crippen molar-refractivity contribution in [2.24, 2.45) is 17.7 Å². The highest BCUT2D eigenvalue weighted by Gasteiger charge is 2.33. The molecule has 0 spiro atoms. The molecule has 0 bridgehead atoms. The van der Waals surface area contributed by atoms with Gasteiger partial charge in [0.1, 0.15) is 18.2 Å². The van der Waals surface area contributed by atoms with Crippen molar-refractivity contribution < 1.29 is 4.74 Å². The van der Waals surface area contributed by atoms with E-state index in [1.807, 2.05) is 13.0 Å². The Balaban J connectivity index is 2.08. The highest BCUT2D eigenvalue weighted by molar-refractivity contribution is 5.48. The van der Waals surface area contributed by atoms with Gasteiger partial charge < -0.3 is 15.1 Å². The molecule has 1 saturated carbocycles. The molecule has 6 nitrogen and oxygen atoms in total. The molecule has 0 aromatic carbocycles. The fourth-order valence-corrected chi connectivity index (χ4v) is 2.11. The van der Waals surface area contributed by atoms with Crippen LogP contribution in [0.25, 0.3) is 0 Å². The van der Waals surface area contributed by atoms with Gasteiger partial charge in [-0.15, -0.1) is 0 Å². The Hall–Kier alpha value is -1.40. The molecule has 1 heterocycles. The lowest BCUT2D eigenvalue weighted by molar-refractivity contribution is 0.128. The Morgan fingerprint density at radius 1 is 1.53 bits per heavy atom. The SMILES string of the molecule is CCOCc1nc(NN)cc(N(C)CC2CC2C)n1. The summed E-state index contributed by atoms with van der Waals surface area (Å²) in [5, 5.41) is 0. The number of rotatable bonds is 7. The minimum Gasteiger partial charge on any atom is -0.374 e. The van der Waals surface area contributed by atoms with Crippen molar-refractivity contribution in [2.75, 3.05) is 30.5 Å². The average molecular weight is 265 g/mol. The van der Waals surface area contributed by atoms with Crippen molar-refractivity contribution in [1.82, 2.24) is 9.97 Å². The second-order valence-electron chi connectivity index (χ2n) is 5.16. The Morgan fingerprint density at radius 3 is 2.84 bits per heavy atom. The van der Waals surface area contributed by atoms with Crippen molar-refractivity contribution in [3.8, 4) is 0 Å². The highest BCUT2D eigenvalue weighted by atomic mass is 16.5. The lowest BCUT2D eigenvalue weighted by atomic mass is 10.3. The molecule has 1 aromatic heterocycles. The standard InChI is InChI=1S/C13H23N5O/c1-4-19-8-12-15-11(17-14)6-13(16-12)18(3)7-10-5-9(10)2/h6,9-10H,4-5,7-8,14H2,1-3H3,(H,15,16,17). The van der Waals surface area contributed by atoms with Gasteiger partial charge in [0.2, 0.25) is 0 Å². The first-order valence-corrected chi connectivity index (χ1v) is 6.77. The maximum absolute atomic E-state index is 5.45. The molecule has 1 fully saturated rings. The largest absolute Gasteiger partial charge is 0.374 e. The van der Waals surface area contributed by atoms with Crippen molar-refractivity contribution in [3.05, 3.63) is 11.9 Å². The molecule has 2 unspecified atom stereocenters. The Labute approximate surface area is 114 Å². The number of aromatic nitrogens is 2. The zero-order valence-corrected chi connectivity index (χ0v) is 11.9. The number of nitrogens with zero attached hydrogens (tertiary/aromatic N) is 3. The number of hydrogen-bond acceptors (Lipinski definition) is 6. The van der Waals surface area contributed by atoms with Gasteiger partial charge in [-0.3, -0.25) is 0 Å². The number of nitrogens with one attached hydrogen (secondary N) is 1. The van der Waals surface area contributed by atoms with Crippen molar-refractivity contribution in [1.29, 1.82) is 0 Å². The van der Waals surface area contributed by atoms with Crippen LogP contribution in [0.3, 0.4) is 0 Å². The third-order valence-corrected chi connectivity index (χ3v) is 3.52. The quantitative estimate of drug-likeness (QED) is 0.573. The maximum Gasteiger partial charge on any atom is 0.158 e. The van der Waals surface area contributed by atoms with Crippen LogP contribution in [0.2, 0.25) is 0 Å². The molecule has 19 heavy (non-hydrogen) atoms. The fourth-order valence-electron chi connectivity index (χ4n) is 2.11. The van der Waals surface area contributed by atoms with Gasteiger partial charge in [-0.05, 0) is 25.2 Å². The minimum absolute atomic E-state index is 0.409. The molecule has 1 aliphatic carbocycles. The third-order valence-electron chi connectivity index (χ3n) is 3.52. The fraction of sp³-hybridized carbons (Fsp3) is 0.692. The van der Waals surface area contributed by atoms with E-state index in [1.54, 1.807) is 0 Å². The van der Waals surface area contributed by atoms with Crippen molar-refractivity contribution in [2.45, 2.75) is 26.9 Å². The van der Waals surface area contributed by atoms with E-state index < -0.39 is 0 Å². The molecule has 0 amide bonds. The summed E-state index contributed by atoms with van der Waals surface area (Å²) in [6.45, 7) is 6.32. The van der Waals surface area contributed by atoms with Crippen LogP contribution >= 0.6 is 0 Å². The molecule has 106 valence electrons. The molecular formula is C13H23N5O. The van der Waals surface area contributed by atoms with Gasteiger partial charge in [0, 0.05) is 26.3 Å². The second kappa shape index (κ2) is 6.16. The minimum atomic E-state index is 0.409. The Bertz CT molecular complexity index is 425. The first-order chi connectivity index (χ1) is 9.13. The maximum atomic E-state index is 5.45. The number of ether oxygens (including phenoxy) is 1. The molecule has 0 aliphatic heterocycles. The third kappa shape index (κ3) is 3.78. The van der Waals surface area contributed by atoms with E-state index in [0.717, 1.165) is 24.2 Å². The van der Waals surface area contributed by atoms with Crippen LogP contribution < -0.4 is 16.2 Å². The predicted octanol–water partition coefficient (Wildman–Crippen LogP) is 1.39. The van der Waals surface area contributed by atoms with Gasteiger partial charge in [-0.25, -0.2) is 15.8 Å². The number of anilines is 2. The zero-order chi connectivity index (χ0) is 13.8. The van der Waals surface area contributed by atoms with Crippen LogP contribution in [0.1, 0.15) is 26.1 Å². The van der Waals surface area contributed by atoms with Crippen molar-refractivity contribution in [3.63, 3.8) is 0 Å². The van der Waals surface area contributed by atoms with Crippen LogP contribution in [0.4, 0.5) is 11.6 Å². The number of hydrazine groups is 1. The topological polar surface area (TPSA) is 76.3 Å². The van der Waals surface area contributed by atoms with E-state index in [1.165, 1.54) is 6.42 Å². The smallest absolute Gasteiger partial charge is 0.158 e. The monoisotopic (exact) mass is 265 g/mol. The Morgan fingerprint density at radius 2 is 2.26 bits per heavy atom. The van der Waals surface area contributed by atoms with Gasteiger partial charge in [-0.1, -0.05) is 6.92 Å². The summed E-state index contributed by atoms with van der Waals surface area (Å²) in [5.41, 5.74) is 2.58. The molecule has 1 aromatic rings. The molecule has 1 aliphatic rings. The van der Waals surface area contributed by atoms with E-state index in [9.17, 15) is 0 Å². The van der Waals surface area contributed by atoms with Crippen molar-refractivity contribution >= 4 is 11.6 Å². The molecular weight excluding hydrogens is 242 g/mol. The molecule has 3 N–H and O–H groups in total. The van der Waals surface area contributed by atoms with E-state index in [0.29, 0.717) is 24.9 Å². The van der Waals surface area contributed by atoms with Crippen LogP contribution in [-0.2, 0) is 11.3 Å². The molecule has 2 atom stereocenters. The lowest BCUT2D eigenvalue weighted by Gasteiger charge is -2.19. The average Bonchev–Trinajstić information content (AvgIpc) is 3.11. The second-order valence-corrected chi connectivity index (χ2v) is 5.16. The summed E-state index contributed by atoms with van der Waals surface area (Å²) in [5.74, 6) is 9.23. The van der Waals surface area contributed by atoms with Gasteiger partial charge in [-0.2, -0.15) is 0 Å². The summed E-state index contributed by atoms with van der Waals surface area (Å²) in [7, 11) is 2.05. The summed E-state index contributed by atoms with van der Waals surface area (Å²) in [6, 6.07) is 1.86. The van der Waals surface area contributed by atoms with Crippen LogP contribution in [0.5, 0.6) is 0 Å². The number of hydrogen-bond donors (Lipinski definition) is 2. The Kier molecular flexibility index (Phi) is 4.55. The van der Waals surface area contributed by atoms with Crippen LogP contribution in [0, 0.1) is 11.8 Å². The highest BCUT2D eigenvalue weighted by Crippen LogP contribution is 2.38. The van der Waals surface area contributed by atoms with E-state index in [4.69, 9.17) is 10.6 Å². The van der Waals surface area contributed by atoms with Gasteiger partial charge in [0.05, 0.1) is 0 Å². The first kappa shape index (κ1) is 14.0.